The SMILES string of the molecule is CNS(=O)(=O)CCNc1ccc2nnnn2n1. The molecule has 0 atom stereocenters. The first-order valence-corrected chi connectivity index (χ1v) is 6.46. The van der Waals surface area contributed by atoms with Gasteiger partial charge in [0.15, 0.2) is 5.65 Å². The van der Waals surface area contributed by atoms with Crippen LogP contribution in [0.25, 0.3) is 5.65 Å². The van der Waals surface area contributed by atoms with Gasteiger partial charge in [-0.25, -0.2) is 13.1 Å². The zero-order valence-corrected chi connectivity index (χ0v) is 9.85. The van der Waals surface area contributed by atoms with E-state index in [9.17, 15) is 8.42 Å². The molecule has 92 valence electrons. The van der Waals surface area contributed by atoms with Gasteiger partial charge in [0.05, 0.1) is 5.75 Å². The van der Waals surface area contributed by atoms with Crippen molar-refractivity contribution in [1.82, 2.24) is 30.0 Å². The molecule has 2 aromatic heterocycles. The number of hydrogen-bond acceptors (Lipinski definition) is 7. The van der Waals surface area contributed by atoms with Crippen LogP contribution >= 0.6 is 0 Å². The van der Waals surface area contributed by atoms with Crippen molar-refractivity contribution >= 4 is 21.5 Å². The highest BCUT2D eigenvalue weighted by molar-refractivity contribution is 7.89. The van der Waals surface area contributed by atoms with Crippen LogP contribution in [0, 0.1) is 0 Å². The molecule has 2 aromatic rings. The average molecular weight is 257 g/mol. The predicted molar refractivity (Wildman–Crippen MR) is 59.9 cm³/mol. The van der Waals surface area contributed by atoms with Crippen molar-refractivity contribution in [3.63, 3.8) is 0 Å². The van der Waals surface area contributed by atoms with Gasteiger partial charge in [-0.3, -0.25) is 0 Å². The van der Waals surface area contributed by atoms with Crippen molar-refractivity contribution in [3.8, 4) is 0 Å². The van der Waals surface area contributed by atoms with Crippen molar-refractivity contribution in [1.29, 1.82) is 0 Å². The molecule has 0 radical (unpaired) electrons. The topological polar surface area (TPSA) is 114 Å². The second-order valence-corrected chi connectivity index (χ2v) is 5.24. The third kappa shape index (κ3) is 2.85. The molecule has 0 bridgehead atoms. The second-order valence-electron chi connectivity index (χ2n) is 3.19. The smallest absolute Gasteiger partial charge is 0.213 e. The molecule has 2 rings (SSSR count). The second kappa shape index (κ2) is 4.59. The zero-order chi connectivity index (χ0) is 12.3. The minimum atomic E-state index is -3.21. The van der Waals surface area contributed by atoms with Gasteiger partial charge in [-0.2, -0.15) is 0 Å². The van der Waals surface area contributed by atoms with Gasteiger partial charge in [-0.05, 0) is 29.6 Å². The minimum Gasteiger partial charge on any atom is -0.368 e. The molecule has 0 saturated carbocycles. The van der Waals surface area contributed by atoms with Gasteiger partial charge in [-0.1, -0.05) is 0 Å². The minimum absolute atomic E-state index is 0.0289. The van der Waals surface area contributed by atoms with Crippen LogP contribution in [0.2, 0.25) is 0 Å². The Hall–Kier alpha value is -1.81. The monoisotopic (exact) mass is 257 g/mol. The predicted octanol–water partition coefficient (Wildman–Crippen LogP) is -1.52. The maximum atomic E-state index is 11.2. The molecule has 0 aromatic carbocycles. The molecule has 0 fully saturated rings. The van der Waals surface area contributed by atoms with Crippen molar-refractivity contribution in [2.75, 3.05) is 24.7 Å². The van der Waals surface area contributed by atoms with Gasteiger partial charge in [-0.15, -0.1) is 14.8 Å². The van der Waals surface area contributed by atoms with E-state index in [1.165, 1.54) is 11.7 Å². The summed E-state index contributed by atoms with van der Waals surface area (Å²) in [5, 5.41) is 17.7. The summed E-state index contributed by atoms with van der Waals surface area (Å²) in [5.41, 5.74) is 0.526. The summed E-state index contributed by atoms with van der Waals surface area (Å²) in [6.07, 6.45) is 0. The molecule has 0 aliphatic rings. The fourth-order valence-corrected chi connectivity index (χ4v) is 1.73. The van der Waals surface area contributed by atoms with Crippen LogP contribution in [-0.4, -0.2) is 53.0 Å². The van der Waals surface area contributed by atoms with E-state index < -0.39 is 10.0 Å². The summed E-state index contributed by atoms with van der Waals surface area (Å²) < 4.78 is 25.8. The number of aromatic nitrogens is 5. The van der Waals surface area contributed by atoms with E-state index in [4.69, 9.17) is 0 Å². The highest BCUT2D eigenvalue weighted by Gasteiger charge is 2.06. The lowest BCUT2D eigenvalue weighted by molar-refractivity contribution is 0.588. The van der Waals surface area contributed by atoms with Gasteiger partial charge < -0.3 is 5.32 Å². The maximum Gasteiger partial charge on any atom is 0.213 e. The lowest BCUT2D eigenvalue weighted by atomic mass is 10.5. The quantitative estimate of drug-likeness (QED) is 0.668. The third-order valence-corrected chi connectivity index (χ3v) is 3.42. The average Bonchev–Trinajstić information content (AvgIpc) is 2.76. The van der Waals surface area contributed by atoms with Crippen molar-refractivity contribution in [2.24, 2.45) is 0 Å². The third-order valence-electron chi connectivity index (χ3n) is 2.06. The fourth-order valence-electron chi connectivity index (χ4n) is 1.16. The van der Waals surface area contributed by atoms with Gasteiger partial charge in [0.1, 0.15) is 5.82 Å². The highest BCUT2D eigenvalue weighted by atomic mass is 32.2. The van der Waals surface area contributed by atoms with Crippen LogP contribution < -0.4 is 10.0 Å². The molecule has 0 amide bonds. The number of nitrogens with zero attached hydrogens (tertiary/aromatic N) is 5. The van der Waals surface area contributed by atoms with Crippen molar-refractivity contribution in [2.45, 2.75) is 0 Å². The van der Waals surface area contributed by atoms with Crippen LogP contribution in [0.3, 0.4) is 0 Å². The van der Waals surface area contributed by atoms with E-state index in [1.807, 2.05) is 0 Å². The van der Waals surface area contributed by atoms with E-state index >= 15 is 0 Å². The Morgan fingerprint density at radius 3 is 3.00 bits per heavy atom. The Morgan fingerprint density at radius 2 is 2.24 bits per heavy atom. The summed E-state index contributed by atoms with van der Waals surface area (Å²) >= 11 is 0. The first-order valence-electron chi connectivity index (χ1n) is 4.81. The zero-order valence-electron chi connectivity index (χ0n) is 9.03. The Labute approximate surface area is 97.3 Å². The first-order chi connectivity index (χ1) is 8.11. The standard InChI is InChI=1S/C7H11N7O2S/c1-8-17(15,16)5-4-9-6-2-3-7-10-12-13-14(7)11-6/h2-3,8H,4-5H2,1H3,(H,9,11). The molecule has 0 aliphatic heterocycles. The number of nitrogens with one attached hydrogen (secondary N) is 2. The summed E-state index contributed by atoms with van der Waals surface area (Å²) in [5.74, 6) is 0.481. The molecule has 2 N–H and O–H groups in total. The molecule has 0 saturated heterocycles. The molecule has 0 aliphatic carbocycles. The van der Waals surface area contributed by atoms with Crippen molar-refractivity contribution in [3.05, 3.63) is 12.1 Å². The molecule has 17 heavy (non-hydrogen) atoms. The van der Waals surface area contributed by atoms with E-state index in [2.05, 4.69) is 30.7 Å². The Bertz CT molecular complexity index is 607. The number of rotatable bonds is 5. The normalized spacial score (nSPS) is 11.8. The number of fused-ring (bicyclic) bond motifs is 1. The van der Waals surface area contributed by atoms with Crippen LogP contribution in [0.1, 0.15) is 0 Å². The molecule has 2 heterocycles. The van der Waals surface area contributed by atoms with Crippen LogP contribution in [0.4, 0.5) is 5.82 Å². The summed E-state index contributed by atoms with van der Waals surface area (Å²) in [7, 11) is -1.83. The Balaban J connectivity index is 1.99. The largest absolute Gasteiger partial charge is 0.368 e. The van der Waals surface area contributed by atoms with Gasteiger partial charge >= 0.3 is 0 Å². The molecular formula is C7H11N7O2S. The Morgan fingerprint density at radius 1 is 1.41 bits per heavy atom. The van der Waals surface area contributed by atoms with E-state index in [0.29, 0.717) is 11.5 Å². The molecule has 10 heteroatoms. The Kier molecular flexibility index (Phi) is 3.15. The summed E-state index contributed by atoms with van der Waals surface area (Å²) in [4.78, 5) is 0. The number of hydrogen-bond donors (Lipinski definition) is 2. The van der Waals surface area contributed by atoms with Crippen LogP contribution in [0.15, 0.2) is 12.1 Å². The van der Waals surface area contributed by atoms with E-state index in [-0.39, 0.29) is 12.3 Å². The van der Waals surface area contributed by atoms with Crippen LogP contribution in [0.5, 0.6) is 0 Å². The van der Waals surface area contributed by atoms with Gasteiger partial charge in [0, 0.05) is 6.54 Å². The first kappa shape index (κ1) is 11.7. The molecule has 0 unspecified atom stereocenters. The molecule has 9 nitrogen and oxygen atoms in total. The van der Waals surface area contributed by atoms with Gasteiger partial charge in [0.25, 0.3) is 0 Å². The van der Waals surface area contributed by atoms with E-state index in [0.717, 1.165) is 0 Å². The lowest BCUT2D eigenvalue weighted by Gasteiger charge is -2.05. The molecular weight excluding hydrogens is 246 g/mol. The maximum absolute atomic E-state index is 11.2. The highest BCUT2D eigenvalue weighted by Crippen LogP contribution is 2.02. The summed E-state index contributed by atoms with van der Waals surface area (Å²) in [6.45, 7) is 0.254. The number of anilines is 1. The lowest BCUT2D eigenvalue weighted by Crippen LogP contribution is -2.26. The van der Waals surface area contributed by atoms with Gasteiger partial charge in [0.2, 0.25) is 10.0 Å². The fraction of sp³-hybridized carbons (Fsp3) is 0.429. The van der Waals surface area contributed by atoms with Crippen LogP contribution in [-0.2, 0) is 10.0 Å². The van der Waals surface area contributed by atoms with E-state index in [1.54, 1.807) is 12.1 Å². The number of sulfonamides is 1. The van der Waals surface area contributed by atoms with Crippen molar-refractivity contribution < 1.29 is 8.42 Å². The molecule has 0 spiro atoms. The number of tetrazole rings is 1. The summed E-state index contributed by atoms with van der Waals surface area (Å²) in [6, 6.07) is 3.36.